The second-order valence-corrected chi connectivity index (χ2v) is 5.67. The molecule has 0 aliphatic carbocycles. The van der Waals surface area contributed by atoms with E-state index in [4.69, 9.17) is 10.8 Å². The summed E-state index contributed by atoms with van der Waals surface area (Å²) in [7, 11) is 0. The maximum absolute atomic E-state index is 10.7. The van der Waals surface area contributed by atoms with Crippen LogP contribution in [0.1, 0.15) is 42.8 Å². The Kier molecular flexibility index (Phi) is 3.63. The van der Waals surface area contributed by atoms with Gasteiger partial charge in [-0.1, -0.05) is 26.0 Å². The monoisotopic (exact) mass is 264 g/mol. The Labute approximate surface area is 109 Å². The molecule has 96 valence electrons. The van der Waals surface area contributed by atoms with Crippen LogP contribution in [0.5, 0.6) is 0 Å². The largest absolute Gasteiger partial charge is 0.481 e. The number of thiazole rings is 1. The third-order valence-electron chi connectivity index (χ3n) is 2.75. The van der Waals surface area contributed by atoms with E-state index in [1.807, 2.05) is 18.2 Å². The third-order valence-corrected chi connectivity index (χ3v) is 4.08. The van der Waals surface area contributed by atoms with Gasteiger partial charge in [-0.25, -0.2) is 4.98 Å². The SMILES string of the molecule is CC(C)c1nc2c(C(N)CC(=O)O)cccc2s1. The van der Waals surface area contributed by atoms with Crippen LogP contribution in [-0.4, -0.2) is 16.1 Å². The van der Waals surface area contributed by atoms with E-state index in [9.17, 15) is 4.79 Å². The van der Waals surface area contributed by atoms with Gasteiger partial charge in [0.2, 0.25) is 0 Å². The van der Waals surface area contributed by atoms with Crippen LogP contribution in [0.25, 0.3) is 10.2 Å². The number of aromatic nitrogens is 1. The molecule has 0 radical (unpaired) electrons. The summed E-state index contributed by atoms with van der Waals surface area (Å²) in [5, 5.41) is 9.87. The first-order valence-corrected chi connectivity index (χ1v) is 6.67. The minimum Gasteiger partial charge on any atom is -0.481 e. The summed E-state index contributed by atoms with van der Waals surface area (Å²) in [5.41, 5.74) is 7.60. The van der Waals surface area contributed by atoms with Gasteiger partial charge in [0.05, 0.1) is 21.6 Å². The molecule has 5 heteroatoms. The van der Waals surface area contributed by atoms with Crippen molar-refractivity contribution in [1.82, 2.24) is 4.98 Å². The Morgan fingerprint density at radius 3 is 2.83 bits per heavy atom. The lowest BCUT2D eigenvalue weighted by atomic mass is 10.0. The number of para-hydroxylation sites is 1. The van der Waals surface area contributed by atoms with Gasteiger partial charge >= 0.3 is 5.97 Å². The molecular formula is C13H16N2O2S. The number of carbonyl (C=O) groups is 1. The van der Waals surface area contributed by atoms with Gasteiger partial charge in [0, 0.05) is 12.0 Å². The zero-order valence-corrected chi connectivity index (χ0v) is 11.2. The van der Waals surface area contributed by atoms with Crippen LogP contribution < -0.4 is 5.73 Å². The molecule has 0 saturated heterocycles. The second-order valence-electron chi connectivity index (χ2n) is 4.61. The van der Waals surface area contributed by atoms with E-state index >= 15 is 0 Å². The van der Waals surface area contributed by atoms with Crippen LogP contribution in [0.3, 0.4) is 0 Å². The van der Waals surface area contributed by atoms with Crippen molar-refractivity contribution in [2.24, 2.45) is 5.73 Å². The Hall–Kier alpha value is -1.46. The normalized spacial score (nSPS) is 13.1. The highest BCUT2D eigenvalue weighted by Crippen LogP contribution is 2.31. The van der Waals surface area contributed by atoms with E-state index in [0.717, 1.165) is 20.8 Å². The van der Waals surface area contributed by atoms with Crippen molar-refractivity contribution in [2.75, 3.05) is 0 Å². The molecule has 1 atom stereocenters. The van der Waals surface area contributed by atoms with Gasteiger partial charge in [-0.15, -0.1) is 11.3 Å². The molecule has 1 aromatic carbocycles. The fourth-order valence-electron chi connectivity index (χ4n) is 1.83. The van der Waals surface area contributed by atoms with E-state index in [-0.39, 0.29) is 6.42 Å². The molecule has 0 bridgehead atoms. The Bertz CT molecular complexity index is 577. The average molecular weight is 264 g/mol. The van der Waals surface area contributed by atoms with Gasteiger partial charge < -0.3 is 10.8 Å². The first kappa shape index (κ1) is 13.0. The Balaban J connectivity index is 2.47. The molecule has 1 heterocycles. The number of hydrogen-bond donors (Lipinski definition) is 2. The average Bonchev–Trinajstić information content (AvgIpc) is 2.71. The summed E-state index contributed by atoms with van der Waals surface area (Å²) in [5.74, 6) is -0.523. The summed E-state index contributed by atoms with van der Waals surface area (Å²) >= 11 is 1.64. The van der Waals surface area contributed by atoms with Crippen molar-refractivity contribution in [3.63, 3.8) is 0 Å². The molecule has 0 fully saturated rings. The lowest BCUT2D eigenvalue weighted by molar-refractivity contribution is -0.137. The molecular weight excluding hydrogens is 248 g/mol. The summed E-state index contributed by atoms with van der Waals surface area (Å²) < 4.78 is 1.07. The predicted octanol–water partition coefficient (Wildman–Crippen LogP) is 2.89. The number of nitrogens with two attached hydrogens (primary N) is 1. The molecule has 2 aromatic rings. The summed E-state index contributed by atoms with van der Waals surface area (Å²) in [6, 6.07) is 5.26. The van der Waals surface area contributed by atoms with Crippen molar-refractivity contribution < 1.29 is 9.90 Å². The van der Waals surface area contributed by atoms with Crippen LogP contribution in [0, 0.1) is 0 Å². The molecule has 18 heavy (non-hydrogen) atoms. The van der Waals surface area contributed by atoms with Crippen LogP contribution in [-0.2, 0) is 4.79 Å². The third kappa shape index (κ3) is 2.52. The number of benzene rings is 1. The van der Waals surface area contributed by atoms with Gasteiger partial charge in [0.25, 0.3) is 0 Å². The zero-order chi connectivity index (χ0) is 13.3. The molecule has 0 saturated carbocycles. The van der Waals surface area contributed by atoms with E-state index in [2.05, 4.69) is 18.8 Å². The number of fused-ring (bicyclic) bond motifs is 1. The summed E-state index contributed by atoms with van der Waals surface area (Å²) in [4.78, 5) is 15.3. The fourth-order valence-corrected chi connectivity index (χ4v) is 2.84. The van der Waals surface area contributed by atoms with E-state index < -0.39 is 12.0 Å². The Morgan fingerprint density at radius 2 is 2.22 bits per heavy atom. The molecule has 0 aliphatic heterocycles. The molecule has 1 aromatic heterocycles. The van der Waals surface area contributed by atoms with Gasteiger partial charge in [-0.05, 0) is 11.6 Å². The van der Waals surface area contributed by atoms with Crippen LogP contribution in [0.2, 0.25) is 0 Å². The number of rotatable bonds is 4. The number of nitrogens with zero attached hydrogens (tertiary/aromatic N) is 1. The van der Waals surface area contributed by atoms with Crippen molar-refractivity contribution in [3.05, 3.63) is 28.8 Å². The quantitative estimate of drug-likeness (QED) is 0.890. The summed E-state index contributed by atoms with van der Waals surface area (Å²) in [6.07, 6.45) is -0.0757. The topological polar surface area (TPSA) is 76.2 Å². The highest BCUT2D eigenvalue weighted by molar-refractivity contribution is 7.18. The number of carboxylic acids is 1. The number of hydrogen-bond acceptors (Lipinski definition) is 4. The maximum atomic E-state index is 10.7. The van der Waals surface area contributed by atoms with Gasteiger partial charge in [-0.3, -0.25) is 4.79 Å². The first-order chi connectivity index (χ1) is 8.49. The van der Waals surface area contributed by atoms with Crippen molar-refractivity contribution in [2.45, 2.75) is 32.2 Å². The molecule has 0 aliphatic rings. The molecule has 0 amide bonds. The van der Waals surface area contributed by atoms with Crippen LogP contribution in [0.4, 0.5) is 0 Å². The van der Waals surface area contributed by atoms with Gasteiger partial charge in [0.1, 0.15) is 0 Å². The minimum atomic E-state index is -0.890. The molecule has 3 N–H and O–H groups in total. The van der Waals surface area contributed by atoms with Crippen molar-refractivity contribution in [3.8, 4) is 0 Å². The van der Waals surface area contributed by atoms with Crippen molar-refractivity contribution >= 4 is 27.5 Å². The van der Waals surface area contributed by atoms with Crippen LogP contribution >= 0.6 is 11.3 Å². The van der Waals surface area contributed by atoms with Gasteiger partial charge in [-0.2, -0.15) is 0 Å². The lowest BCUT2D eigenvalue weighted by Crippen LogP contribution is -2.15. The standard InChI is InChI=1S/C13H16N2O2S/c1-7(2)13-15-12-8(9(14)6-11(16)17)4-3-5-10(12)18-13/h3-5,7,9H,6,14H2,1-2H3,(H,16,17). The van der Waals surface area contributed by atoms with E-state index in [1.54, 1.807) is 11.3 Å². The molecule has 1 unspecified atom stereocenters. The van der Waals surface area contributed by atoms with Crippen molar-refractivity contribution in [1.29, 1.82) is 0 Å². The van der Waals surface area contributed by atoms with E-state index in [1.165, 1.54) is 0 Å². The summed E-state index contributed by atoms with van der Waals surface area (Å²) in [6.45, 7) is 4.18. The smallest absolute Gasteiger partial charge is 0.305 e. The zero-order valence-electron chi connectivity index (χ0n) is 10.4. The molecule has 0 spiro atoms. The highest BCUT2D eigenvalue weighted by atomic mass is 32.1. The first-order valence-electron chi connectivity index (χ1n) is 5.85. The lowest BCUT2D eigenvalue weighted by Gasteiger charge is -2.09. The minimum absolute atomic E-state index is 0.0757. The fraction of sp³-hybridized carbons (Fsp3) is 0.385. The highest BCUT2D eigenvalue weighted by Gasteiger charge is 2.16. The second kappa shape index (κ2) is 5.04. The predicted molar refractivity (Wildman–Crippen MR) is 72.9 cm³/mol. The Morgan fingerprint density at radius 1 is 1.50 bits per heavy atom. The van der Waals surface area contributed by atoms with Crippen LogP contribution in [0.15, 0.2) is 18.2 Å². The maximum Gasteiger partial charge on any atom is 0.305 e. The molecule has 4 nitrogen and oxygen atoms in total. The van der Waals surface area contributed by atoms with E-state index in [0.29, 0.717) is 5.92 Å². The van der Waals surface area contributed by atoms with Gasteiger partial charge in [0.15, 0.2) is 0 Å². The number of carboxylic acid groups (broad SMARTS) is 1. The number of aliphatic carboxylic acids is 1. The molecule has 2 rings (SSSR count).